The van der Waals surface area contributed by atoms with E-state index in [1.54, 1.807) is 0 Å². The van der Waals surface area contributed by atoms with Gasteiger partial charge in [0, 0.05) is 13.2 Å². The molecule has 0 heterocycles. The van der Waals surface area contributed by atoms with Crippen LogP contribution in [0, 0.1) is 0 Å². The second-order valence-corrected chi connectivity index (χ2v) is 4.95. The van der Waals surface area contributed by atoms with E-state index in [4.69, 9.17) is 14.0 Å². The first-order valence-electron chi connectivity index (χ1n) is 7.75. The zero-order chi connectivity index (χ0) is 14.9. The number of nitrogens with zero attached hydrogens (tertiary/aromatic N) is 1. The Morgan fingerprint density at radius 1 is 0.842 bits per heavy atom. The summed E-state index contributed by atoms with van der Waals surface area (Å²) in [7, 11) is -0.542. The average molecular weight is 274 g/mol. The van der Waals surface area contributed by atoms with Gasteiger partial charge in [-0.05, 0) is 48.5 Å². The van der Waals surface area contributed by atoms with Gasteiger partial charge in [-0.25, -0.2) is 0 Å². The summed E-state index contributed by atoms with van der Waals surface area (Å²) in [4.78, 5) is 0. The molecule has 0 saturated heterocycles. The van der Waals surface area contributed by atoms with Crippen molar-refractivity contribution >= 4 is 7.32 Å². The summed E-state index contributed by atoms with van der Waals surface area (Å²) >= 11 is 0. The lowest BCUT2D eigenvalue weighted by molar-refractivity contribution is -0.947. The van der Waals surface area contributed by atoms with Crippen LogP contribution in [0.25, 0.3) is 0 Å². The van der Waals surface area contributed by atoms with Crippen LogP contribution in [0.5, 0.6) is 0 Å². The van der Waals surface area contributed by atoms with Crippen LogP contribution in [0.2, 0.25) is 0 Å². The zero-order valence-corrected chi connectivity index (χ0v) is 13.9. The van der Waals surface area contributed by atoms with E-state index in [0.717, 1.165) is 24.1 Å². The van der Waals surface area contributed by atoms with Crippen molar-refractivity contribution in [2.75, 3.05) is 32.8 Å². The fourth-order valence-electron chi connectivity index (χ4n) is 2.67. The van der Waals surface area contributed by atoms with E-state index in [2.05, 4.69) is 34.6 Å². The van der Waals surface area contributed by atoms with Gasteiger partial charge in [-0.15, -0.1) is 0 Å². The molecule has 0 N–H and O–H groups in total. The van der Waals surface area contributed by atoms with Crippen LogP contribution in [0.15, 0.2) is 0 Å². The van der Waals surface area contributed by atoms with Gasteiger partial charge in [-0.2, -0.15) is 0 Å². The van der Waals surface area contributed by atoms with Gasteiger partial charge in [0.2, 0.25) is 0 Å². The monoisotopic (exact) mass is 274 g/mol. The van der Waals surface area contributed by atoms with E-state index in [1.807, 2.05) is 13.8 Å². The van der Waals surface area contributed by atoms with Crippen LogP contribution in [0.4, 0.5) is 0 Å². The summed E-state index contributed by atoms with van der Waals surface area (Å²) in [6.45, 7) is 19.6. The molecule has 19 heavy (non-hydrogen) atoms. The maximum Gasteiger partial charge on any atom is 0.639 e. The van der Waals surface area contributed by atoms with Crippen molar-refractivity contribution in [3.8, 4) is 0 Å². The number of rotatable bonds is 11. The summed E-state index contributed by atoms with van der Waals surface area (Å²) in [6.07, 6.45) is 0.1000. The van der Waals surface area contributed by atoms with Crippen LogP contribution in [-0.4, -0.2) is 56.8 Å². The van der Waals surface area contributed by atoms with Crippen LogP contribution in [-0.2, 0) is 14.0 Å². The fraction of sp³-hybridized carbons (Fsp3) is 1.00. The molecular formula is C14H33BNO3+. The molecule has 0 amide bonds. The van der Waals surface area contributed by atoms with Crippen molar-refractivity contribution in [1.29, 1.82) is 0 Å². The third-order valence-corrected chi connectivity index (χ3v) is 4.36. The molecule has 5 heteroatoms. The maximum absolute atomic E-state index is 5.94. The molecule has 0 aromatic rings. The van der Waals surface area contributed by atoms with Crippen molar-refractivity contribution in [2.24, 2.45) is 0 Å². The summed E-state index contributed by atoms with van der Waals surface area (Å²) < 4.78 is 17.9. The third-order valence-electron chi connectivity index (χ3n) is 4.36. The quantitative estimate of drug-likeness (QED) is 0.428. The first-order valence-corrected chi connectivity index (χ1v) is 7.75. The first-order chi connectivity index (χ1) is 9.01. The summed E-state index contributed by atoms with van der Waals surface area (Å²) in [5.74, 6) is 0. The van der Waals surface area contributed by atoms with Crippen LogP contribution >= 0.6 is 0 Å². The SMILES string of the molecule is CCOB(OCC)OC(C)C(C)[N+](CC)(CC)CC. The normalized spacial score (nSPS) is 15.3. The van der Waals surface area contributed by atoms with Crippen molar-refractivity contribution in [3.63, 3.8) is 0 Å². The van der Waals surface area contributed by atoms with Crippen molar-refractivity contribution in [3.05, 3.63) is 0 Å². The average Bonchev–Trinajstić information content (AvgIpc) is 2.41. The van der Waals surface area contributed by atoms with Gasteiger partial charge in [0.25, 0.3) is 0 Å². The molecule has 0 bridgehead atoms. The first kappa shape index (κ1) is 18.9. The van der Waals surface area contributed by atoms with Crippen molar-refractivity contribution in [2.45, 2.75) is 60.6 Å². The molecule has 0 aromatic heterocycles. The van der Waals surface area contributed by atoms with Gasteiger partial charge >= 0.3 is 7.32 Å². The maximum atomic E-state index is 5.94. The second kappa shape index (κ2) is 9.75. The summed E-state index contributed by atoms with van der Waals surface area (Å²) in [5.41, 5.74) is 0. The van der Waals surface area contributed by atoms with Crippen molar-refractivity contribution in [1.82, 2.24) is 0 Å². The Balaban J connectivity index is 4.64. The van der Waals surface area contributed by atoms with E-state index >= 15 is 0 Å². The molecule has 0 radical (unpaired) electrons. The molecule has 0 fully saturated rings. The van der Waals surface area contributed by atoms with Gasteiger partial charge < -0.3 is 18.4 Å². The van der Waals surface area contributed by atoms with Gasteiger partial charge in [0.05, 0.1) is 25.7 Å². The van der Waals surface area contributed by atoms with Crippen molar-refractivity contribution < 1.29 is 18.4 Å². The number of quaternary nitrogens is 1. The van der Waals surface area contributed by atoms with E-state index in [-0.39, 0.29) is 6.10 Å². The largest absolute Gasteiger partial charge is 0.639 e. The Morgan fingerprint density at radius 3 is 1.58 bits per heavy atom. The summed E-state index contributed by atoms with van der Waals surface area (Å²) in [6, 6.07) is 0.420. The molecule has 114 valence electrons. The highest BCUT2D eigenvalue weighted by Crippen LogP contribution is 2.19. The Hall–Kier alpha value is -0.0951. The summed E-state index contributed by atoms with van der Waals surface area (Å²) in [5, 5.41) is 0. The molecule has 2 unspecified atom stereocenters. The Morgan fingerprint density at radius 2 is 1.26 bits per heavy atom. The molecule has 0 spiro atoms. The topological polar surface area (TPSA) is 27.7 Å². The number of likely N-dealkylation sites (N-methyl/N-ethyl adjacent to an activating group) is 1. The molecule has 4 nitrogen and oxygen atoms in total. The highest BCUT2D eigenvalue weighted by atomic mass is 16.7. The molecule has 0 aliphatic rings. The highest BCUT2D eigenvalue weighted by molar-refractivity contribution is 6.36. The van der Waals surface area contributed by atoms with E-state index in [9.17, 15) is 0 Å². The lowest BCUT2D eigenvalue weighted by Crippen LogP contribution is -2.59. The minimum atomic E-state index is -0.542. The Kier molecular flexibility index (Phi) is 9.70. The molecule has 2 atom stereocenters. The molecule has 0 rings (SSSR count). The smallest absolute Gasteiger partial charge is 0.386 e. The standard InChI is InChI=1S/C14H33BNO3/c1-8-16(9-2,10-3)13(6)14(7)19-15(17-11-4)18-12-5/h13-14H,8-12H2,1-7H3/q+1. The molecule has 0 aliphatic heterocycles. The second-order valence-electron chi connectivity index (χ2n) is 4.95. The Labute approximate surface area is 120 Å². The van der Waals surface area contributed by atoms with Crippen LogP contribution in [0.3, 0.4) is 0 Å². The zero-order valence-electron chi connectivity index (χ0n) is 13.9. The number of hydrogen-bond acceptors (Lipinski definition) is 3. The molecule has 0 aliphatic carbocycles. The molecular weight excluding hydrogens is 241 g/mol. The lowest BCUT2D eigenvalue weighted by Gasteiger charge is -2.44. The highest BCUT2D eigenvalue weighted by Gasteiger charge is 2.36. The minimum Gasteiger partial charge on any atom is -0.386 e. The van der Waals surface area contributed by atoms with E-state index < -0.39 is 7.32 Å². The molecule has 0 saturated carbocycles. The fourth-order valence-corrected chi connectivity index (χ4v) is 2.67. The van der Waals surface area contributed by atoms with E-state index in [1.165, 1.54) is 0 Å². The lowest BCUT2D eigenvalue weighted by atomic mass is 10.1. The van der Waals surface area contributed by atoms with Gasteiger partial charge in [0.15, 0.2) is 0 Å². The van der Waals surface area contributed by atoms with E-state index in [0.29, 0.717) is 19.3 Å². The minimum absolute atomic E-state index is 0.1000. The van der Waals surface area contributed by atoms with Gasteiger partial charge in [0.1, 0.15) is 6.04 Å². The van der Waals surface area contributed by atoms with Crippen LogP contribution < -0.4 is 0 Å². The van der Waals surface area contributed by atoms with Gasteiger partial charge in [-0.1, -0.05) is 0 Å². The molecule has 0 aromatic carbocycles. The Bertz CT molecular complexity index is 210. The predicted molar refractivity (Wildman–Crippen MR) is 80.9 cm³/mol. The van der Waals surface area contributed by atoms with Crippen LogP contribution in [0.1, 0.15) is 48.5 Å². The third kappa shape index (κ3) is 5.42. The van der Waals surface area contributed by atoms with Gasteiger partial charge in [-0.3, -0.25) is 0 Å². The predicted octanol–water partition coefficient (Wildman–Crippen LogP) is 2.71. The number of hydrogen-bond donors (Lipinski definition) is 0.